The minimum Gasteiger partial charge on any atom is -0.493 e. The van der Waals surface area contributed by atoms with E-state index in [1.54, 1.807) is 11.8 Å². The zero-order chi connectivity index (χ0) is 11.3. The number of hydrogen-bond donors (Lipinski definition) is 0. The third kappa shape index (κ3) is 4.17. The summed E-state index contributed by atoms with van der Waals surface area (Å²) in [6, 6.07) is 6.36. The fraction of sp³-hybridized carbons (Fsp3) is 0.538. The van der Waals surface area contributed by atoms with Gasteiger partial charge in [0.15, 0.2) is 0 Å². The molecule has 1 aromatic carbocycles. The topological polar surface area (TPSA) is 9.23 Å². The fourth-order valence-electron chi connectivity index (χ4n) is 1.32. The molecule has 0 unspecified atom stereocenters. The molecule has 0 aliphatic heterocycles. The van der Waals surface area contributed by atoms with Crippen molar-refractivity contribution in [3.8, 4) is 5.75 Å². The highest BCUT2D eigenvalue weighted by Crippen LogP contribution is 2.24. The van der Waals surface area contributed by atoms with Crippen LogP contribution in [-0.2, 0) is 0 Å². The summed E-state index contributed by atoms with van der Waals surface area (Å²) in [5.74, 6) is 1.73. The first kappa shape index (κ1) is 12.4. The monoisotopic (exact) mass is 224 g/mol. The molecular formula is C13H20OS. The summed E-state index contributed by atoms with van der Waals surface area (Å²) in [4.78, 5) is 1.30. The third-order valence-corrected chi connectivity index (χ3v) is 3.06. The van der Waals surface area contributed by atoms with Gasteiger partial charge in [0, 0.05) is 4.90 Å². The quantitative estimate of drug-likeness (QED) is 0.695. The summed E-state index contributed by atoms with van der Waals surface area (Å²) in [6.45, 7) is 7.35. The fourth-order valence-corrected chi connectivity index (χ4v) is 1.81. The third-order valence-electron chi connectivity index (χ3n) is 2.33. The van der Waals surface area contributed by atoms with Gasteiger partial charge < -0.3 is 4.74 Å². The molecule has 15 heavy (non-hydrogen) atoms. The lowest BCUT2D eigenvalue weighted by Gasteiger charge is -2.11. The van der Waals surface area contributed by atoms with Crippen molar-refractivity contribution in [2.24, 2.45) is 5.92 Å². The second kappa shape index (κ2) is 6.06. The molecule has 0 saturated carbocycles. The second-order valence-corrected chi connectivity index (χ2v) is 5.04. The SMILES string of the molecule is CSc1ccc(OCCC(C)C)c(C)c1. The highest BCUT2D eigenvalue weighted by atomic mass is 32.2. The van der Waals surface area contributed by atoms with E-state index in [1.807, 2.05) is 0 Å². The second-order valence-electron chi connectivity index (χ2n) is 4.16. The van der Waals surface area contributed by atoms with Crippen molar-refractivity contribution in [1.82, 2.24) is 0 Å². The summed E-state index contributed by atoms with van der Waals surface area (Å²) in [5.41, 5.74) is 1.23. The summed E-state index contributed by atoms with van der Waals surface area (Å²) >= 11 is 1.76. The van der Waals surface area contributed by atoms with Crippen LogP contribution in [-0.4, -0.2) is 12.9 Å². The molecule has 0 radical (unpaired) electrons. The lowest BCUT2D eigenvalue weighted by Crippen LogP contribution is -2.02. The molecule has 0 spiro atoms. The van der Waals surface area contributed by atoms with Crippen molar-refractivity contribution in [3.63, 3.8) is 0 Å². The van der Waals surface area contributed by atoms with Gasteiger partial charge in [-0.3, -0.25) is 0 Å². The molecule has 84 valence electrons. The van der Waals surface area contributed by atoms with Crippen molar-refractivity contribution in [2.75, 3.05) is 12.9 Å². The van der Waals surface area contributed by atoms with E-state index in [0.29, 0.717) is 5.92 Å². The van der Waals surface area contributed by atoms with Gasteiger partial charge in [0.1, 0.15) is 5.75 Å². The maximum atomic E-state index is 5.74. The van der Waals surface area contributed by atoms with Gasteiger partial charge in [-0.2, -0.15) is 0 Å². The molecular weight excluding hydrogens is 204 g/mol. The summed E-state index contributed by atoms with van der Waals surface area (Å²) < 4.78 is 5.74. The minimum atomic E-state index is 0.704. The van der Waals surface area contributed by atoms with Crippen LogP contribution in [0.4, 0.5) is 0 Å². The van der Waals surface area contributed by atoms with Crippen LogP contribution in [0.3, 0.4) is 0 Å². The molecule has 0 amide bonds. The van der Waals surface area contributed by atoms with E-state index in [1.165, 1.54) is 10.5 Å². The molecule has 1 rings (SSSR count). The van der Waals surface area contributed by atoms with Gasteiger partial charge in [-0.05, 0) is 49.3 Å². The van der Waals surface area contributed by atoms with E-state index in [0.717, 1.165) is 18.8 Å². The van der Waals surface area contributed by atoms with Crippen molar-refractivity contribution in [1.29, 1.82) is 0 Å². The van der Waals surface area contributed by atoms with E-state index < -0.39 is 0 Å². The van der Waals surface area contributed by atoms with E-state index in [9.17, 15) is 0 Å². The van der Waals surface area contributed by atoms with Gasteiger partial charge in [-0.15, -0.1) is 11.8 Å². The van der Waals surface area contributed by atoms with Gasteiger partial charge in [0.05, 0.1) is 6.61 Å². The molecule has 0 saturated heterocycles. The molecule has 0 fully saturated rings. The average Bonchev–Trinajstić information content (AvgIpc) is 2.20. The van der Waals surface area contributed by atoms with Crippen LogP contribution in [0.15, 0.2) is 23.1 Å². The van der Waals surface area contributed by atoms with Crippen LogP contribution in [0.25, 0.3) is 0 Å². The van der Waals surface area contributed by atoms with Gasteiger partial charge in [0.2, 0.25) is 0 Å². The molecule has 0 heterocycles. The normalized spacial score (nSPS) is 10.7. The predicted molar refractivity (Wildman–Crippen MR) is 67.9 cm³/mol. The molecule has 1 nitrogen and oxygen atoms in total. The zero-order valence-electron chi connectivity index (χ0n) is 10.0. The first-order valence-electron chi connectivity index (χ1n) is 5.41. The average molecular weight is 224 g/mol. The van der Waals surface area contributed by atoms with Crippen molar-refractivity contribution < 1.29 is 4.74 Å². The first-order chi connectivity index (χ1) is 7.13. The van der Waals surface area contributed by atoms with E-state index in [4.69, 9.17) is 4.74 Å². The van der Waals surface area contributed by atoms with Crippen LogP contribution in [0.1, 0.15) is 25.8 Å². The molecule has 0 N–H and O–H groups in total. The number of benzene rings is 1. The van der Waals surface area contributed by atoms with Crippen molar-refractivity contribution in [2.45, 2.75) is 32.1 Å². The van der Waals surface area contributed by atoms with Gasteiger partial charge in [-0.1, -0.05) is 13.8 Å². The predicted octanol–water partition coefficient (Wildman–Crippen LogP) is 4.14. The van der Waals surface area contributed by atoms with E-state index in [2.05, 4.69) is 45.2 Å². The minimum absolute atomic E-state index is 0.704. The Morgan fingerprint density at radius 3 is 2.60 bits per heavy atom. The van der Waals surface area contributed by atoms with E-state index in [-0.39, 0.29) is 0 Å². The Hall–Kier alpha value is -0.630. The largest absolute Gasteiger partial charge is 0.493 e. The number of ether oxygens (including phenoxy) is 1. The summed E-state index contributed by atoms with van der Waals surface area (Å²) in [6.07, 6.45) is 3.21. The van der Waals surface area contributed by atoms with Gasteiger partial charge in [0.25, 0.3) is 0 Å². The van der Waals surface area contributed by atoms with Crippen LogP contribution >= 0.6 is 11.8 Å². The maximum Gasteiger partial charge on any atom is 0.122 e. The number of hydrogen-bond acceptors (Lipinski definition) is 2. The summed E-state index contributed by atoms with van der Waals surface area (Å²) in [7, 11) is 0. The van der Waals surface area contributed by atoms with Crippen molar-refractivity contribution in [3.05, 3.63) is 23.8 Å². The smallest absolute Gasteiger partial charge is 0.122 e. The first-order valence-corrected chi connectivity index (χ1v) is 6.63. The standard InChI is InChI=1S/C13H20OS/c1-10(2)7-8-14-13-6-5-12(15-4)9-11(13)3/h5-6,9-10H,7-8H2,1-4H3. The molecule has 0 aliphatic rings. The Balaban J connectivity index is 2.54. The molecule has 0 aliphatic carbocycles. The van der Waals surface area contributed by atoms with Crippen LogP contribution < -0.4 is 4.74 Å². The maximum absolute atomic E-state index is 5.74. The number of aryl methyl sites for hydroxylation is 1. The van der Waals surface area contributed by atoms with Crippen LogP contribution in [0.5, 0.6) is 5.75 Å². The van der Waals surface area contributed by atoms with Crippen molar-refractivity contribution >= 4 is 11.8 Å². The lowest BCUT2D eigenvalue weighted by atomic mass is 10.1. The highest BCUT2D eigenvalue weighted by Gasteiger charge is 2.01. The number of thioether (sulfide) groups is 1. The zero-order valence-corrected chi connectivity index (χ0v) is 10.9. The molecule has 0 aromatic heterocycles. The molecule has 0 atom stereocenters. The van der Waals surface area contributed by atoms with E-state index >= 15 is 0 Å². The molecule has 0 bridgehead atoms. The molecule has 2 heteroatoms. The Labute approximate surface area is 97.2 Å². The van der Waals surface area contributed by atoms with Gasteiger partial charge in [-0.25, -0.2) is 0 Å². The van der Waals surface area contributed by atoms with Crippen LogP contribution in [0.2, 0.25) is 0 Å². The van der Waals surface area contributed by atoms with Gasteiger partial charge >= 0.3 is 0 Å². The lowest BCUT2D eigenvalue weighted by molar-refractivity contribution is 0.287. The summed E-state index contributed by atoms with van der Waals surface area (Å²) in [5, 5.41) is 0. The number of rotatable bonds is 5. The Morgan fingerprint density at radius 2 is 2.07 bits per heavy atom. The Morgan fingerprint density at radius 1 is 1.33 bits per heavy atom. The Kier molecular flexibility index (Phi) is 5.03. The Bertz CT molecular complexity index is 307. The van der Waals surface area contributed by atoms with Crippen LogP contribution in [0, 0.1) is 12.8 Å². The molecule has 1 aromatic rings. The highest BCUT2D eigenvalue weighted by molar-refractivity contribution is 7.98.